The molecule has 8 rings (SSSR count). The van der Waals surface area contributed by atoms with Crippen molar-refractivity contribution in [2.75, 3.05) is 5.32 Å². The summed E-state index contributed by atoms with van der Waals surface area (Å²) in [5, 5.41) is 20.5. The lowest BCUT2D eigenvalue weighted by Crippen LogP contribution is -2.54. The zero-order valence-electron chi connectivity index (χ0n) is 22.4. The summed E-state index contributed by atoms with van der Waals surface area (Å²) >= 11 is 1.92. The maximum absolute atomic E-state index is 3.82. The van der Waals surface area contributed by atoms with Crippen LogP contribution < -0.4 is 21.3 Å². The Kier molecular flexibility index (Phi) is 6.23. The molecule has 2 aliphatic rings. The van der Waals surface area contributed by atoms with Gasteiger partial charge >= 0.3 is 0 Å². The Labute approximate surface area is 244 Å². The van der Waals surface area contributed by atoms with Gasteiger partial charge in [0.15, 0.2) is 0 Å². The molecular formula is C36H30N4S. The van der Waals surface area contributed by atoms with E-state index in [9.17, 15) is 0 Å². The van der Waals surface area contributed by atoms with Crippen molar-refractivity contribution in [3.8, 4) is 0 Å². The standard InChI is InChI=1S/C36H30N4S/c1-4-10-24(11-5-1)33-38-34(25-12-6-2-7-13-25)40-35(39-33)28-18-20-29-27(22-28)17-16-23-19-21-30-32(31(23)29)41-36(37-30)26-14-8-3-9-15-26/h1-22,33-40H. The molecule has 4 nitrogen and oxygen atoms in total. The summed E-state index contributed by atoms with van der Waals surface area (Å²) in [6.45, 7) is 0. The van der Waals surface area contributed by atoms with Gasteiger partial charge in [0.25, 0.3) is 0 Å². The molecule has 0 aliphatic carbocycles. The molecule has 3 atom stereocenters. The lowest BCUT2D eigenvalue weighted by Gasteiger charge is -2.39. The molecule has 4 N–H and O–H groups in total. The van der Waals surface area contributed by atoms with Crippen LogP contribution in [0.15, 0.2) is 138 Å². The Hall–Kier alpha value is -4.13. The van der Waals surface area contributed by atoms with Crippen molar-refractivity contribution in [1.82, 2.24) is 16.0 Å². The second-order valence-corrected chi connectivity index (χ2v) is 11.9. The summed E-state index contributed by atoms with van der Waals surface area (Å²) in [4.78, 5) is 1.33. The van der Waals surface area contributed by atoms with Crippen LogP contribution in [0, 0.1) is 0 Å². The first-order chi connectivity index (χ1) is 20.3. The first-order valence-corrected chi connectivity index (χ1v) is 15.0. The Bertz CT molecular complexity index is 1800. The fourth-order valence-electron chi connectivity index (χ4n) is 6.14. The van der Waals surface area contributed by atoms with E-state index in [-0.39, 0.29) is 23.9 Å². The summed E-state index contributed by atoms with van der Waals surface area (Å²) in [6.07, 6.45) is 0.00740. The number of benzene rings is 6. The van der Waals surface area contributed by atoms with Crippen molar-refractivity contribution < 1.29 is 0 Å². The van der Waals surface area contributed by atoms with Gasteiger partial charge in [0, 0.05) is 16.0 Å². The molecule has 0 radical (unpaired) electrons. The topological polar surface area (TPSA) is 48.1 Å². The van der Waals surface area contributed by atoms with Crippen molar-refractivity contribution in [1.29, 1.82) is 0 Å². The Morgan fingerprint density at radius 1 is 0.463 bits per heavy atom. The predicted molar refractivity (Wildman–Crippen MR) is 171 cm³/mol. The van der Waals surface area contributed by atoms with Crippen LogP contribution in [0.25, 0.3) is 21.5 Å². The normalized spacial score (nSPS) is 22.0. The SMILES string of the molecule is c1ccc(C2NC(c3ccccc3)NC(c3ccc4c(ccc5ccc6c(c54)SC(c4ccccc4)N6)c3)N2)cc1. The van der Waals surface area contributed by atoms with Crippen LogP contribution in [-0.2, 0) is 0 Å². The van der Waals surface area contributed by atoms with Gasteiger partial charge in [-0.1, -0.05) is 133 Å². The first kappa shape index (κ1) is 24.6. The lowest BCUT2D eigenvalue weighted by molar-refractivity contribution is 0.203. The molecule has 2 heterocycles. The number of hydrogen-bond donors (Lipinski definition) is 4. The Balaban J connectivity index is 1.17. The zero-order chi connectivity index (χ0) is 27.2. The molecule has 0 aromatic heterocycles. The number of anilines is 1. The molecule has 2 aliphatic heterocycles. The van der Waals surface area contributed by atoms with Crippen molar-refractivity contribution in [3.05, 3.63) is 156 Å². The molecule has 6 aromatic rings. The quantitative estimate of drug-likeness (QED) is 0.166. The molecule has 5 heteroatoms. The van der Waals surface area contributed by atoms with E-state index in [1.54, 1.807) is 0 Å². The zero-order valence-corrected chi connectivity index (χ0v) is 23.2. The van der Waals surface area contributed by atoms with E-state index in [1.807, 2.05) is 11.8 Å². The molecule has 1 fully saturated rings. The highest BCUT2D eigenvalue weighted by atomic mass is 32.2. The summed E-state index contributed by atoms with van der Waals surface area (Å²) in [6, 6.07) is 47.9. The average molecular weight is 551 g/mol. The minimum absolute atomic E-state index is 0.0145. The van der Waals surface area contributed by atoms with Crippen molar-refractivity contribution >= 4 is 39.0 Å². The summed E-state index contributed by atoms with van der Waals surface area (Å²) in [7, 11) is 0. The minimum Gasteiger partial charge on any atom is -0.368 e. The van der Waals surface area contributed by atoms with Gasteiger partial charge in [0.05, 0.1) is 18.5 Å². The third kappa shape index (κ3) is 4.57. The number of hydrogen-bond acceptors (Lipinski definition) is 5. The van der Waals surface area contributed by atoms with Gasteiger partial charge in [-0.2, -0.15) is 0 Å². The maximum atomic E-state index is 3.82. The minimum atomic E-state index is -0.0215. The van der Waals surface area contributed by atoms with Crippen LogP contribution in [-0.4, -0.2) is 0 Å². The molecular weight excluding hydrogens is 520 g/mol. The van der Waals surface area contributed by atoms with Gasteiger partial charge in [0.1, 0.15) is 5.37 Å². The third-order valence-corrected chi connectivity index (χ3v) is 9.49. The molecule has 1 saturated heterocycles. The first-order valence-electron chi connectivity index (χ1n) is 14.2. The van der Waals surface area contributed by atoms with Crippen LogP contribution in [0.4, 0.5) is 5.69 Å². The van der Waals surface area contributed by atoms with E-state index in [1.165, 1.54) is 54.4 Å². The number of fused-ring (bicyclic) bond motifs is 5. The molecule has 0 saturated carbocycles. The Morgan fingerprint density at radius 3 is 1.63 bits per heavy atom. The van der Waals surface area contributed by atoms with Crippen LogP contribution >= 0.6 is 11.8 Å². The summed E-state index contributed by atoms with van der Waals surface area (Å²) < 4.78 is 0. The maximum Gasteiger partial charge on any atom is 0.103 e. The van der Waals surface area contributed by atoms with Crippen molar-refractivity contribution in [3.63, 3.8) is 0 Å². The number of rotatable bonds is 4. The van der Waals surface area contributed by atoms with Gasteiger partial charge < -0.3 is 5.32 Å². The van der Waals surface area contributed by atoms with E-state index < -0.39 is 0 Å². The molecule has 41 heavy (non-hydrogen) atoms. The largest absolute Gasteiger partial charge is 0.368 e. The monoisotopic (exact) mass is 550 g/mol. The summed E-state index contributed by atoms with van der Waals surface area (Å²) in [5.74, 6) is 0. The van der Waals surface area contributed by atoms with E-state index in [0.717, 1.165) is 0 Å². The Morgan fingerprint density at radius 2 is 1.00 bits per heavy atom. The lowest BCUT2D eigenvalue weighted by atomic mass is 9.97. The highest BCUT2D eigenvalue weighted by Crippen LogP contribution is 2.51. The molecule has 0 amide bonds. The van der Waals surface area contributed by atoms with Crippen LogP contribution in [0.5, 0.6) is 0 Å². The fraction of sp³-hybridized carbons (Fsp3) is 0.111. The van der Waals surface area contributed by atoms with Gasteiger partial charge in [-0.05, 0) is 50.5 Å². The second-order valence-electron chi connectivity index (χ2n) is 10.8. The second kappa shape index (κ2) is 10.4. The van der Waals surface area contributed by atoms with Gasteiger partial charge in [-0.25, -0.2) is 0 Å². The van der Waals surface area contributed by atoms with E-state index in [0.29, 0.717) is 0 Å². The predicted octanol–water partition coefficient (Wildman–Crippen LogP) is 8.39. The molecule has 0 bridgehead atoms. The number of thioether (sulfide) groups is 1. The van der Waals surface area contributed by atoms with Crippen molar-refractivity contribution in [2.24, 2.45) is 0 Å². The molecule has 0 spiro atoms. The van der Waals surface area contributed by atoms with Gasteiger partial charge in [-0.3, -0.25) is 16.0 Å². The fourth-order valence-corrected chi connectivity index (χ4v) is 7.45. The van der Waals surface area contributed by atoms with Crippen LogP contribution in [0.1, 0.15) is 46.1 Å². The van der Waals surface area contributed by atoms with E-state index in [4.69, 9.17) is 0 Å². The van der Waals surface area contributed by atoms with Gasteiger partial charge in [-0.15, -0.1) is 0 Å². The van der Waals surface area contributed by atoms with E-state index >= 15 is 0 Å². The average Bonchev–Trinajstić information content (AvgIpc) is 3.50. The van der Waals surface area contributed by atoms with Crippen molar-refractivity contribution in [2.45, 2.75) is 28.8 Å². The molecule has 6 aromatic carbocycles. The van der Waals surface area contributed by atoms with Crippen LogP contribution in [0.3, 0.4) is 0 Å². The smallest absolute Gasteiger partial charge is 0.103 e. The highest BCUT2D eigenvalue weighted by Gasteiger charge is 2.30. The highest BCUT2D eigenvalue weighted by molar-refractivity contribution is 8.00. The van der Waals surface area contributed by atoms with E-state index in [2.05, 4.69) is 155 Å². The molecule has 3 unspecified atom stereocenters. The number of nitrogens with one attached hydrogen (secondary N) is 4. The third-order valence-electron chi connectivity index (χ3n) is 8.20. The van der Waals surface area contributed by atoms with Crippen LogP contribution in [0.2, 0.25) is 0 Å². The summed E-state index contributed by atoms with van der Waals surface area (Å²) in [5.41, 5.74) is 6.18. The molecule has 200 valence electrons. The van der Waals surface area contributed by atoms with Gasteiger partial charge in [0.2, 0.25) is 0 Å².